The summed E-state index contributed by atoms with van der Waals surface area (Å²) in [5, 5.41) is 14.9. The van der Waals surface area contributed by atoms with E-state index in [1.807, 2.05) is 31.0 Å². The lowest BCUT2D eigenvalue weighted by Crippen LogP contribution is -2.51. The molecule has 2 aliphatic rings. The summed E-state index contributed by atoms with van der Waals surface area (Å²) in [5.74, 6) is 0.383. The van der Waals surface area contributed by atoms with Crippen molar-refractivity contribution in [3.05, 3.63) is 35.5 Å². The van der Waals surface area contributed by atoms with Crippen LogP contribution >= 0.6 is 0 Å². The van der Waals surface area contributed by atoms with Crippen molar-refractivity contribution in [1.29, 1.82) is 0 Å². The number of benzene rings is 1. The molecule has 0 amide bonds. The molecule has 33 heavy (non-hydrogen) atoms. The number of halogens is 3. The molecule has 0 spiro atoms. The van der Waals surface area contributed by atoms with E-state index in [0.717, 1.165) is 23.1 Å². The van der Waals surface area contributed by atoms with Crippen LogP contribution in [0.4, 0.5) is 19.0 Å². The predicted molar refractivity (Wildman–Crippen MR) is 116 cm³/mol. The van der Waals surface area contributed by atoms with Crippen molar-refractivity contribution in [2.24, 2.45) is 0 Å². The Morgan fingerprint density at radius 2 is 1.88 bits per heavy atom. The maximum absolute atomic E-state index is 14.9. The van der Waals surface area contributed by atoms with Crippen LogP contribution in [0.15, 0.2) is 24.4 Å². The molecule has 176 valence electrons. The first kappa shape index (κ1) is 21.9. The second-order valence-corrected chi connectivity index (χ2v) is 8.80. The van der Waals surface area contributed by atoms with Crippen LogP contribution in [0, 0.1) is 6.92 Å². The largest absolute Gasteiger partial charge is 0.401 e. The highest BCUT2D eigenvalue weighted by atomic mass is 19.3. The fraction of sp³-hybridized carbons (Fsp3) is 0.500. The average Bonchev–Trinajstić information content (AvgIpc) is 3.13. The van der Waals surface area contributed by atoms with Crippen molar-refractivity contribution < 1.29 is 23.0 Å². The normalized spacial score (nSPS) is 22.2. The molecule has 4 heterocycles. The summed E-state index contributed by atoms with van der Waals surface area (Å²) in [7, 11) is 1.91. The van der Waals surface area contributed by atoms with Gasteiger partial charge in [0.15, 0.2) is 5.82 Å². The molecule has 5 rings (SSSR count). The van der Waals surface area contributed by atoms with Crippen LogP contribution in [-0.2, 0) is 0 Å². The quantitative estimate of drug-likeness (QED) is 0.625. The topological polar surface area (TPSA) is 79.5 Å². The molecule has 2 saturated heterocycles. The lowest BCUT2D eigenvalue weighted by atomic mass is 9.85. The van der Waals surface area contributed by atoms with Crippen LogP contribution in [0.1, 0.15) is 23.5 Å². The Kier molecular flexibility index (Phi) is 5.61. The summed E-state index contributed by atoms with van der Waals surface area (Å²) in [6.45, 7) is 0.747. The number of aliphatic hydroxyl groups is 1. The zero-order chi connectivity index (χ0) is 23.3. The van der Waals surface area contributed by atoms with E-state index < -0.39 is 24.9 Å². The summed E-state index contributed by atoms with van der Waals surface area (Å²) in [6, 6.07) is 5.02. The average molecular weight is 462 g/mol. The Morgan fingerprint density at radius 1 is 1.12 bits per heavy atom. The molecule has 1 aromatic carbocycles. The van der Waals surface area contributed by atoms with Crippen LogP contribution in [0.2, 0.25) is 0 Å². The minimum Gasteiger partial charge on any atom is -0.401 e. The smallest absolute Gasteiger partial charge is 0.389 e. The molecular weight excluding hydrogens is 437 g/mol. The summed E-state index contributed by atoms with van der Waals surface area (Å²) in [4.78, 5) is 11.9. The number of likely N-dealkylation sites (tertiary alicyclic amines) is 1. The van der Waals surface area contributed by atoms with Gasteiger partial charge in [-0.3, -0.25) is 0 Å². The lowest BCUT2D eigenvalue weighted by Gasteiger charge is -2.36. The highest BCUT2D eigenvalue weighted by molar-refractivity contribution is 5.82. The number of aromatic nitrogens is 4. The summed E-state index contributed by atoms with van der Waals surface area (Å²) in [5.41, 5.74) is 2.59. The zero-order valence-electron chi connectivity index (χ0n) is 18.3. The van der Waals surface area contributed by atoms with Crippen LogP contribution in [0.3, 0.4) is 0 Å². The van der Waals surface area contributed by atoms with Gasteiger partial charge < -0.3 is 19.6 Å². The van der Waals surface area contributed by atoms with Gasteiger partial charge in [-0.25, -0.2) is 9.07 Å². The van der Waals surface area contributed by atoms with Crippen molar-refractivity contribution in [3.63, 3.8) is 0 Å². The molecule has 2 aliphatic heterocycles. The lowest BCUT2D eigenvalue weighted by molar-refractivity contribution is -0.0560. The van der Waals surface area contributed by atoms with E-state index in [2.05, 4.69) is 19.8 Å². The number of aliphatic hydroxyl groups excluding tert-OH is 1. The molecule has 0 aliphatic carbocycles. The number of ether oxygens (including phenoxy) is 1. The van der Waals surface area contributed by atoms with Crippen LogP contribution < -0.4 is 9.64 Å². The Morgan fingerprint density at radius 3 is 2.58 bits per heavy atom. The number of alkyl halides is 3. The first-order valence-corrected chi connectivity index (χ1v) is 10.9. The van der Waals surface area contributed by atoms with Crippen LogP contribution in [0.5, 0.6) is 6.01 Å². The van der Waals surface area contributed by atoms with Crippen molar-refractivity contribution >= 4 is 16.7 Å². The summed E-state index contributed by atoms with van der Waals surface area (Å²) < 4.78 is 46.7. The van der Waals surface area contributed by atoms with Gasteiger partial charge in [0.25, 0.3) is 0 Å². The summed E-state index contributed by atoms with van der Waals surface area (Å²) >= 11 is 0. The Balaban J connectivity index is 1.57. The second kappa shape index (κ2) is 8.45. The minimum absolute atomic E-state index is 0.227. The second-order valence-electron chi connectivity index (χ2n) is 8.80. The van der Waals surface area contributed by atoms with Gasteiger partial charge in [0.2, 0.25) is 0 Å². The molecule has 11 heteroatoms. The Labute approximate surface area is 188 Å². The van der Waals surface area contributed by atoms with E-state index in [9.17, 15) is 18.3 Å². The van der Waals surface area contributed by atoms with Gasteiger partial charge in [-0.2, -0.15) is 23.8 Å². The van der Waals surface area contributed by atoms with Crippen LogP contribution in [-0.4, -0.2) is 81.9 Å². The number of β-amino-alcohol motifs (C(OH)–C–C–N with tert-alkyl or cyclic N) is 1. The third-order valence-electron chi connectivity index (χ3n) is 6.38. The fourth-order valence-corrected chi connectivity index (χ4v) is 4.64. The number of hydrogen-bond acceptors (Lipinski definition) is 7. The molecule has 2 aromatic heterocycles. The Bertz CT molecular complexity index is 1170. The highest BCUT2D eigenvalue weighted by Gasteiger charge is 2.31. The number of nitrogens with zero attached hydrogens (tertiary/aromatic N) is 6. The molecule has 0 unspecified atom stereocenters. The molecule has 0 bridgehead atoms. The number of aryl methyl sites for hydroxylation is 1. The third-order valence-corrected chi connectivity index (χ3v) is 6.38. The maximum atomic E-state index is 14.9. The van der Waals surface area contributed by atoms with Gasteiger partial charge in [0.1, 0.15) is 12.0 Å². The SMILES string of the molecule is Cc1cc2cnn(-c3cc(N4CC(O)C4)nc(OC(F)F)n3)c2cc1[C@@H]1CCN(C)C[C@@H]1F. The van der Waals surface area contributed by atoms with E-state index in [-0.39, 0.29) is 11.7 Å². The minimum atomic E-state index is -3.08. The van der Waals surface area contributed by atoms with E-state index >= 15 is 0 Å². The first-order valence-electron chi connectivity index (χ1n) is 10.9. The van der Waals surface area contributed by atoms with Crippen molar-refractivity contribution in [1.82, 2.24) is 24.6 Å². The van der Waals surface area contributed by atoms with Gasteiger partial charge in [-0.05, 0) is 50.2 Å². The van der Waals surface area contributed by atoms with E-state index in [1.54, 1.807) is 17.2 Å². The molecule has 2 atom stereocenters. The molecule has 8 nitrogen and oxygen atoms in total. The number of rotatable bonds is 5. The van der Waals surface area contributed by atoms with Crippen molar-refractivity contribution in [3.8, 4) is 11.8 Å². The van der Waals surface area contributed by atoms with E-state index in [1.165, 1.54) is 4.68 Å². The van der Waals surface area contributed by atoms with Gasteiger partial charge >= 0.3 is 12.6 Å². The molecule has 1 N–H and O–H groups in total. The highest BCUT2D eigenvalue weighted by Crippen LogP contribution is 2.35. The molecule has 0 saturated carbocycles. The standard InChI is InChI=1S/C22H25F3N6O2/c1-12-5-13-8-26-31(18(13)6-16(12)15-3-4-29(2)11-17(15)23)20-7-19(30-9-14(32)10-30)27-22(28-20)33-21(24)25/h5-8,14-15,17,21,32H,3-4,9-11H2,1-2H3/t15-,17-/m0/s1. The number of piperidine rings is 1. The molecule has 3 aromatic rings. The van der Waals surface area contributed by atoms with E-state index in [0.29, 0.717) is 37.4 Å². The zero-order valence-corrected chi connectivity index (χ0v) is 18.3. The number of anilines is 1. The number of hydrogen-bond donors (Lipinski definition) is 1. The van der Waals surface area contributed by atoms with Crippen molar-refractivity contribution in [2.75, 3.05) is 38.1 Å². The predicted octanol–water partition coefficient (Wildman–Crippen LogP) is 2.66. The van der Waals surface area contributed by atoms with Gasteiger partial charge in [0, 0.05) is 37.0 Å². The van der Waals surface area contributed by atoms with Gasteiger partial charge in [-0.15, -0.1) is 0 Å². The van der Waals surface area contributed by atoms with Crippen molar-refractivity contribution in [2.45, 2.75) is 38.1 Å². The molecule has 0 radical (unpaired) electrons. The van der Waals surface area contributed by atoms with Gasteiger partial charge in [-0.1, -0.05) is 0 Å². The molecular formula is C22H25F3N6O2. The monoisotopic (exact) mass is 462 g/mol. The Hall–Kier alpha value is -2.92. The number of fused-ring (bicyclic) bond motifs is 1. The fourth-order valence-electron chi connectivity index (χ4n) is 4.64. The van der Waals surface area contributed by atoms with Gasteiger partial charge in [0.05, 0.1) is 17.8 Å². The molecule has 2 fully saturated rings. The first-order chi connectivity index (χ1) is 15.8. The maximum Gasteiger partial charge on any atom is 0.389 e. The summed E-state index contributed by atoms with van der Waals surface area (Å²) in [6.07, 6.45) is 0.892. The third kappa shape index (κ3) is 4.22. The van der Waals surface area contributed by atoms with E-state index in [4.69, 9.17) is 0 Å². The van der Waals surface area contributed by atoms with Crippen LogP contribution in [0.25, 0.3) is 16.7 Å².